The van der Waals surface area contributed by atoms with E-state index in [0.717, 1.165) is 37.2 Å². The normalized spacial score (nSPS) is 19.7. The van der Waals surface area contributed by atoms with E-state index in [1.54, 1.807) is 24.3 Å². The molecule has 2 aromatic carbocycles. The van der Waals surface area contributed by atoms with Crippen LogP contribution in [0, 0.1) is 29.4 Å². The summed E-state index contributed by atoms with van der Waals surface area (Å²) in [5.41, 5.74) is 1.28. The minimum Gasteiger partial charge on any atom is -0.206 e. The Morgan fingerprint density at radius 1 is 0.962 bits per heavy atom. The van der Waals surface area contributed by atoms with Gasteiger partial charge in [0.25, 0.3) is 0 Å². The molecule has 0 aliphatic heterocycles. The van der Waals surface area contributed by atoms with Gasteiger partial charge in [-0.2, -0.15) is 0 Å². The van der Waals surface area contributed by atoms with Crippen LogP contribution in [-0.4, -0.2) is 0 Å². The minimum absolute atomic E-state index is 0.164. The molecule has 0 aromatic heterocycles. The summed E-state index contributed by atoms with van der Waals surface area (Å²) < 4.78 is 28.9. The van der Waals surface area contributed by atoms with Crippen molar-refractivity contribution in [3.05, 3.63) is 69.7 Å². The van der Waals surface area contributed by atoms with Crippen molar-refractivity contribution in [1.82, 2.24) is 0 Å². The highest BCUT2D eigenvalue weighted by molar-refractivity contribution is 6.30. The Bertz CT molecular complexity index is 783. The van der Waals surface area contributed by atoms with Crippen LogP contribution in [0.1, 0.15) is 68.1 Å². The van der Waals surface area contributed by atoms with Crippen molar-refractivity contribution in [2.24, 2.45) is 5.92 Å². The SMILES string of the molecule is CCC[C@H]1CC[C@H](c2cc(F)c(C#Cc3ccc(Cl)cc3)c(F)c2)CC1. The van der Waals surface area contributed by atoms with E-state index in [2.05, 4.69) is 18.8 Å². The third-order valence-electron chi connectivity index (χ3n) is 5.26. The lowest BCUT2D eigenvalue weighted by Crippen LogP contribution is -2.13. The van der Waals surface area contributed by atoms with E-state index >= 15 is 0 Å². The molecule has 1 saturated carbocycles. The van der Waals surface area contributed by atoms with Crippen molar-refractivity contribution >= 4 is 11.6 Å². The highest BCUT2D eigenvalue weighted by Gasteiger charge is 2.23. The van der Waals surface area contributed by atoms with Gasteiger partial charge in [0.2, 0.25) is 0 Å². The van der Waals surface area contributed by atoms with Crippen LogP contribution in [0.15, 0.2) is 36.4 Å². The van der Waals surface area contributed by atoms with Gasteiger partial charge in [0.1, 0.15) is 11.6 Å². The average molecular weight is 373 g/mol. The van der Waals surface area contributed by atoms with E-state index in [0.29, 0.717) is 10.6 Å². The van der Waals surface area contributed by atoms with E-state index in [1.807, 2.05) is 0 Å². The summed E-state index contributed by atoms with van der Waals surface area (Å²) in [6, 6.07) is 9.81. The molecule has 0 atom stereocenters. The summed E-state index contributed by atoms with van der Waals surface area (Å²) in [6.07, 6.45) is 6.80. The molecule has 0 heterocycles. The maximum Gasteiger partial charge on any atom is 0.142 e. The fourth-order valence-corrected chi connectivity index (χ4v) is 3.93. The maximum absolute atomic E-state index is 14.5. The van der Waals surface area contributed by atoms with Gasteiger partial charge >= 0.3 is 0 Å². The highest BCUT2D eigenvalue weighted by atomic mass is 35.5. The van der Waals surface area contributed by atoms with Gasteiger partial charge in [0.05, 0.1) is 5.56 Å². The molecule has 136 valence electrons. The van der Waals surface area contributed by atoms with Crippen LogP contribution in [0.5, 0.6) is 0 Å². The van der Waals surface area contributed by atoms with Crippen LogP contribution >= 0.6 is 11.6 Å². The first-order valence-electron chi connectivity index (χ1n) is 9.33. The van der Waals surface area contributed by atoms with Gasteiger partial charge in [-0.25, -0.2) is 8.78 Å². The molecule has 0 nitrogen and oxygen atoms in total. The van der Waals surface area contributed by atoms with Gasteiger partial charge in [0, 0.05) is 10.6 Å². The van der Waals surface area contributed by atoms with Gasteiger partial charge in [-0.1, -0.05) is 43.2 Å². The van der Waals surface area contributed by atoms with Crippen LogP contribution in [0.4, 0.5) is 8.78 Å². The van der Waals surface area contributed by atoms with Crippen LogP contribution in [0.2, 0.25) is 5.02 Å². The first-order valence-corrected chi connectivity index (χ1v) is 9.71. The zero-order valence-electron chi connectivity index (χ0n) is 15.0. The second-order valence-electron chi connectivity index (χ2n) is 7.12. The molecule has 1 aliphatic rings. The number of rotatable bonds is 3. The molecule has 0 N–H and O–H groups in total. The van der Waals surface area contributed by atoms with E-state index in [-0.39, 0.29) is 11.5 Å². The van der Waals surface area contributed by atoms with Gasteiger partial charge in [-0.3, -0.25) is 0 Å². The summed E-state index contributed by atoms with van der Waals surface area (Å²) in [4.78, 5) is 0. The predicted molar refractivity (Wildman–Crippen MR) is 103 cm³/mol. The summed E-state index contributed by atoms with van der Waals surface area (Å²) >= 11 is 5.83. The molecule has 1 aliphatic carbocycles. The Hall–Kier alpha value is -1.85. The van der Waals surface area contributed by atoms with Crippen molar-refractivity contribution in [3.8, 4) is 11.8 Å². The Morgan fingerprint density at radius 3 is 2.15 bits per heavy atom. The molecular weight excluding hydrogens is 350 g/mol. The van der Waals surface area contributed by atoms with Crippen molar-refractivity contribution < 1.29 is 8.78 Å². The number of benzene rings is 2. The van der Waals surface area contributed by atoms with Gasteiger partial charge in [0.15, 0.2) is 0 Å². The molecule has 0 bridgehead atoms. The molecule has 0 spiro atoms. The van der Waals surface area contributed by atoms with Gasteiger partial charge in [-0.05, 0) is 79.5 Å². The second-order valence-corrected chi connectivity index (χ2v) is 7.56. The van der Waals surface area contributed by atoms with E-state index < -0.39 is 11.6 Å². The fourth-order valence-electron chi connectivity index (χ4n) is 3.81. The topological polar surface area (TPSA) is 0 Å². The molecule has 26 heavy (non-hydrogen) atoms. The maximum atomic E-state index is 14.5. The van der Waals surface area contributed by atoms with Crippen molar-refractivity contribution in [3.63, 3.8) is 0 Å². The third-order valence-corrected chi connectivity index (χ3v) is 5.51. The van der Waals surface area contributed by atoms with E-state index in [4.69, 9.17) is 11.6 Å². The van der Waals surface area contributed by atoms with E-state index in [9.17, 15) is 8.78 Å². The van der Waals surface area contributed by atoms with Crippen LogP contribution in [-0.2, 0) is 0 Å². The number of halogens is 3. The molecule has 0 radical (unpaired) electrons. The Kier molecular flexibility index (Phi) is 6.33. The summed E-state index contributed by atoms with van der Waals surface area (Å²) in [6.45, 7) is 2.21. The molecule has 2 aromatic rings. The Morgan fingerprint density at radius 2 is 1.58 bits per heavy atom. The number of hydrogen-bond acceptors (Lipinski definition) is 0. The average Bonchev–Trinajstić information content (AvgIpc) is 2.63. The molecule has 3 rings (SSSR count). The monoisotopic (exact) mass is 372 g/mol. The highest BCUT2D eigenvalue weighted by Crippen LogP contribution is 2.38. The quantitative estimate of drug-likeness (QED) is 0.504. The lowest BCUT2D eigenvalue weighted by Gasteiger charge is -2.28. The van der Waals surface area contributed by atoms with Crippen LogP contribution < -0.4 is 0 Å². The zero-order valence-corrected chi connectivity index (χ0v) is 15.8. The first-order chi connectivity index (χ1) is 12.6. The Labute approximate surface area is 159 Å². The van der Waals surface area contributed by atoms with E-state index in [1.165, 1.54) is 25.0 Å². The summed E-state index contributed by atoms with van der Waals surface area (Å²) in [5, 5.41) is 0.603. The van der Waals surface area contributed by atoms with Gasteiger partial charge in [-0.15, -0.1) is 0 Å². The minimum atomic E-state index is -0.572. The molecule has 1 fully saturated rings. The fraction of sp³-hybridized carbons (Fsp3) is 0.391. The molecule has 3 heteroatoms. The molecule has 0 amide bonds. The first kappa shape index (κ1) is 18.9. The molecule has 0 unspecified atom stereocenters. The predicted octanol–water partition coefficient (Wildman–Crippen LogP) is 7.09. The summed E-state index contributed by atoms with van der Waals surface area (Å²) in [7, 11) is 0. The molecular formula is C23H23ClF2. The summed E-state index contributed by atoms with van der Waals surface area (Å²) in [5.74, 6) is 5.31. The largest absolute Gasteiger partial charge is 0.206 e. The lowest BCUT2D eigenvalue weighted by atomic mass is 9.77. The van der Waals surface area contributed by atoms with Crippen LogP contribution in [0.25, 0.3) is 0 Å². The van der Waals surface area contributed by atoms with Crippen molar-refractivity contribution in [1.29, 1.82) is 0 Å². The number of hydrogen-bond donors (Lipinski definition) is 0. The standard InChI is InChI=1S/C23H23ClF2/c1-2-3-16-4-9-18(10-5-16)19-14-22(25)21(23(26)15-19)13-8-17-6-11-20(24)12-7-17/h6-7,11-12,14-16,18H,2-5,9-10H2,1H3/t16-,18-. The Balaban J connectivity index is 1.76. The molecule has 0 saturated heterocycles. The second kappa shape index (κ2) is 8.69. The third kappa shape index (κ3) is 4.65. The van der Waals surface area contributed by atoms with Crippen molar-refractivity contribution in [2.75, 3.05) is 0 Å². The van der Waals surface area contributed by atoms with Crippen molar-refractivity contribution in [2.45, 2.75) is 51.4 Å². The smallest absolute Gasteiger partial charge is 0.142 e. The zero-order chi connectivity index (χ0) is 18.5. The lowest BCUT2D eigenvalue weighted by molar-refractivity contribution is 0.307. The van der Waals surface area contributed by atoms with Gasteiger partial charge < -0.3 is 0 Å². The van der Waals surface area contributed by atoms with Crippen LogP contribution in [0.3, 0.4) is 0 Å².